The lowest BCUT2D eigenvalue weighted by atomic mass is 10.1. The molecule has 0 aliphatic heterocycles. The van der Waals surface area contributed by atoms with Crippen molar-refractivity contribution in [1.82, 2.24) is 24.5 Å². The van der Waals surface area contributed by atoms with Crippen LogP contribution in [0.15, 0.2) is 55.2 Å². The van der Waals surface area contributed by atoms with Crippen LogP contribution in [0.2, 0.25) is 0 Å². The summed E-state index contributed by atoms with van der Waals surface area (Å²) in [6, 6.07) is 11.0. The molecule has 3 aromatic heterocycles. The molecule has 0 saturated heterocycles. The van der Waals surface area contributed by atoms with E-state index in [9.17, 15) is 4.79 Å². The number of pyridine rings is 1. The fourth-order valence-electron chi connectivity index (χ4n) is 2.47. The smallest absolute Gasteiger partial charge is 0.274 e. The van der Waals surface area contributed by atoms with Gasteiger partial charge in [0.2, 0.25) is 0 Å². The third-order valence-corrected chi connectivity index (χ3v) is 3.74. The van der Waals surface area contributed by atoms with E-state index >= 15 is 0 Å². The number of aromatic nitrogens is 5. The van der Waals surface area contributed by atoms with Crippen LogP contribution in [-0.2, 0) is 7.05 Å². The van der Waals surface area contributed by atoms with Gasteiger partial charge in [-0.25, -0.2) is 15.0 Å². The van der Waals surface area contributed by atoms with Crippen LogP contribution in [0, 0.1) is 0 Å². The summed E-state index contributed by atoms with van der Waals surface area (Å²) in [5.74, 6) is -0.257. The van der Waals surface area contributed by atoms with Gasteiger partial charge in [0.1, 0.15) is 11.2 Å². The summed E-state index contributed by atoms with van der Waals surface area (Å²) in [4.78, 5) is 28.0. The predicted octanol–water partition coefficient (Wildman–Crippen LogP) is 2.61. The summed E-state index contributed by atoms with van der Waals surface area (Å²) in [5.41, 5.74) is 4.42. The second-order valence-corrected chi connectivity index (χ2v) is 5.39. The van der Waals surface area contributed by atoms with Crippen LogP contribution >= 0.6 is 0 Å². The Bertz CT molecular complexity index is 1000. The SMILES string of the molecule is Cn1cnc2ccc(C(=O)Nc3ccc(-c4cnc[nH]4)cc3)nc21. The Morgan fingerprint density at radius 2 is 2.00 bits per heavy atom. The number of benzene rings is 1. The van der Waals surface area contributed by atoms with Crippen LogP contribution in [0.4, 0.5) is 5.69 Å². The third-order valence-electron chi connectivity index (χ3n) is 3.74. The standard InChI is InChI=1S/C17H14N6O/c1-23-10-20-13-6-7-14(22-16(13)23)17(24)21-12-4-2-11(3-5-12)15-8-18-9-19-15/h2-10H,1H3,(H,18,19)(H,21,24). The van der Waals surface area contributed by atoms with Gasteiger partial charge in [-0.2, -0.15) is 0 Å². The van der Waals surface area contributed by atoms with Gasteiger partial charge in [0.05, 0.1) is 24.5 Å². The lowest BCUT2D eigenvalue weighted by molar-refractivity contribution is 0.102. The molecule has 118 valence electrons. The summed E-state index contributed by atoms with van der Waals surface area (Å²) >= 11 is 0. The molecule has 0 radical (unpaired) electrons. The number of aryl methyl sites for hydroxylation is 1. The van der Waals surface area contributed by atoms with Gasteiger partial charge >= 0.3 is 0 Å². The monoisotopic (exact) mass is 318 g/mol. The van der Waals surface area contributed by atoms with Crippen molar-refractivity contribution >= 4 is 22.8 Å². The Morgan fingerprint density at radius 1 is 1.17 bits per heavy atom. The molecule has 0 fully saturated rings. The van der Waals surface area contributed by atoms with Crippen LogP contribution in [0.25, 0.3) is 22.4 Å². The molecule has 24 heavy (non-hydrogen) atoms. The Hall–Kier alpha value is -3.48. The number of amides is 1. The molecule has 4 rings (SSSR count). The minimum absolute atomic E-state index is 0.257. The fourth-order valence-corrected chi connectivity index (χ4v) is 2.47. The molecule has 0 aliphatic rings. The second-order valence-electron chi connectivity index (χ2n) is 5.39. The normalized spacial score (nSPS) is 10.9. The van der Waals surface area contributed by atoms with Crippen molar-refractivity contribution in [2.24, 2.45) is 7.05 Å². The average Bonchev–Trinajstić information content (AvgIpc) is 3.26. The number of carbonyl (C=O) groups is 1. The van der Waals surface area contributed by atoms with Crippen LogP contribution in [0.1, 0.15) is 10.5 Å². The van der Waals surface area contributed by atoms with Gasteiger partial charge in [-0.3, -0.25) is 4.79 Å². The highest BCUT2D eigenvalue weighted by molar-refractivity contribution is 6.03. The zero-order valence-electron chi connectivity index (χ0n) is 12.9. The van der Waals surface area contributed by atoms with E-state index in [-0.39, 0.29) is 5.91 Å². The lowest BCUT2D eigenvalue weighted by Crippen LogP contribution is -2.13. The van der Waals surface area contributed by atoms with Gasteiger partial charge < -0.3 is 14.9 Å². The minimum atomic E-state index is -0.257. The van der Waals surface area contributed by atoms with E-state index in [1.54, 1.807) is 35.6 Å². The van der Waals surface area contributed by atoms with Crippen molar-refractivity contribution in [3.63, 3.8) is 0 Å². The van der Waals surface area contributed by atoms with Crippen molar-refractivity contribution in [1.29, 1.82) is 0 Å². The zero-order valence-corrected chi connectivity index (χ0v) is 12.9. The summed E-state index contributed by atoms with van der Waals surface area (Å²) < 4.78 is 1.78. The number of nitrogens with zero attached hydrogens (tertiary/aromatic N) is 4. The number of H-pyrrole nitrogens is 1. The quantitative estimate of drug-likeness (QED) is 0.608. The molecular formula is C17H14N6O. The van der Waals surface area contributed by atoms with E-state index in [2.05, 4.69) is 25.3 Å². The first-order valence-electron chi connectivity index (χ1n) is 7.39. The van der Waals surface area contributed by atoms with Crippen molar-refractivity contribution in [3.05, 3.63) is 60.9 Å². The Balaban J connectivity index is 1.55. The third kappa shape index (κ3) is 2.52. The van der Waals surface area contributed by atoms with Crippen LogP contribution < -0.4 is 5.32 Å². The molecule has 0 aliphatic carbocycles. The van der Waals surface area contributed by atoms with Gasteiger partial charge in [-0.15, -0.1) is 0 Å². The first kappa shape index (κ1) is 14.1. The van der Waals surface area contributed by atoms with E-state index < -0.39 is 0 Å². The molecule has 1 aromatic carbocycles. The van der Waals surface area contributed by atoms with Gasteiger partial charge in [0.15, 0.2) is 5.65 Å². The van der Waals surface area contributed by atoms with Crippen LogP contribution in [-0.4, -0.2) is 30.4 Å². The number of rotatable bonds is 3. The van der Waals surface area contributed by atoms with Gasteiger partial charge in [0.25, 0.3) is 5.91 Å². The van der Waals surface area contributed by atoms with Crippen molar-refractivity contribution in [3.8, 4) is 11.3 Å². The van der Waals surface area contributed by atoms with Gasteiger partial charge in [-0.1, -0.05) is 12.1 Å². The van der Waals surface area contributed by atoms with Gasteiger partial charge in [0, 0.05) is 12.7 Å². The highest BCUT2D eigenvalue weighted by Crippen LogP contribution is 2.19. The highest BCUT2D eigenvalue weighted by atomic mass is 16.1. The van der Waals surface area contributed by atoms with E-state index in [0.29, 0.717) is 17.0 Å². The molecule has 0 spiro atoms. The number of fused-ring (bicyclic) bond motifs is 1. The number of hydrogen-bond donors (Lipinski definition) is 2. The van der Waals surface area contributed by atoms with Crippen molar-refractivity contribution in [2.45, 2.75) is 0 Å². The first-order valence-corrected chi connectivity index (χ1v) is 7.39. The molecule has 2 N–H and O–H groups in total. The van der Waals surface area contributed by atoms with Gasteiger partial charge in [-0.05, 0) is 29.8 Å². The average molecular weight is 318 g/mol. The number of aromatic amines is 1. The Morgan fingerprint density at radius 3 is 2.75 bits per heavy atom. The molecule has 7 heteroatoms. The van der Waals surface area contributed by atoms with Crippen molar-refractivity contribution < 1.29 is 4.79 Å². The maximum absolute atomic E-state index is 12.4. The molecule has 3 heterocycles. The first-order chi connectivity index (χ1) is 11.7. The van der Waals surface area contributed by atoms with E-state index in [4.69, 9.17) is 0 Å². The molecule has 0 saturated carbocycles. The fraction of sp³-hybridized carbons (Fsp3) is 0.0588. The summed E-state index contributed by atoms with van der Waals surface area (Å²) in [7, 11) is 1.85. The highest BCUT2D eigenvalue weighted by Gasteiger charge is 2.11. The molecular weight excluding hydrogens is 304 g/mol. The van der Waals surface area contributed by atoms with Crippen LogP contribution in [0.5, 0.6) is 0 Å². The number of carbonyl (C=O) groups excluding carboxylic acids is 1. The Labute approximate surface area is 137 Å². The molecule has 1 amide bonds. The van der Waals surface area contributed by atoms with E-state index in [0.717, 1.165) is 16.8 Å². The molecule has 7 nitrogen and oxygen atoms in total. The summed E-state index contributed by atoms with van der Waals surface area (Å²) in [6.45, 7) is 0. The van der Waals surface area contributed by atoms with Crippen LogP contribution in [0.3, 0.4) is 0 Å². The number of anilines is 1. The lowest BCUT2D eigenvalue weighted by Gasteiger charge is -2.06. The van der Waals surface area contributed by atoms with Crippen molar-refractivity contribution in [2.75, 3.05) is 5.32 Å². The zero-order chi connectivity index (χ0) is 16.5. The second kappa shape index (κ2) is 5.62. The van der Waals surface area contributed by atoms with E-state index in [1.165, 1.54) is 0 Å². The maximum Gasteiger partial charge on any atom is 0.274 e. The summed E-state index contributed by atoms with van der Waals surface area (Å²) in [6.07, 6.45) is 5.05. The number of imidazole rings is 2. The largest absolute Gasteiger partial charge is 0.345 e. The number of hydrogen-bond acceptors (Lipinski definition) is 4. The topological polar surface area (TPSA) is 88.5 Å². The molecule has 0 atom stereocenters. The molecule has 4 aromatic rings. The Kier molecular flexibility index (Phi) is 3.31. The van der Waals surface area contributed by atoms with E-state index in [1.807, 2.05) is 31.3 Å². The summed E-state index contributed by atoms with van der Waals surface area (Å²) in [5, 5.41) is 2.85. The number of nitrogens with one attached hydrogen (secondary N) is 2. The minimum Gasteiger partial charge on any atom is -0.345 e. The molecule has 0 unspecified atom stereocenters. The maximum atomic E-state index is 12.4. The molecule has 0 bridgehead atoms. The predicted molar refractivity (Wildman–Crippen MR) is 90.5 cm³/mol.